The van der Waals surface area contributed by atoms with Gasteiger partial charge >= 0.3 is 0 Å². The van der Waals surface area contributed by atoms with Crippen molar-refractivity contribution >= 4 is 22.5 Å². The molecule has 0 spiro atoms. The van der Waals surface area contributed by atoms with Crippen molar-refractivity contribution in [1.29, 1.82) is 0 Å². The summed E-state index contributed by atoms with van der Waals surface area (Å²) in [6, 6.07) is 9.93. The third-order valence-corrected chi connectivity index (χ3v) is 4.05. The van der Waals surface area contributed by atoms with Crippen LogP contribution in [0.25, 0.3) is 10.9 Å². The second-order valence-electron chi connectivity index (χ2n) is 5.48. The zero-order chi connectivity index (χ0) is 13.9. The number of carbonyl (C=O) groups excluding carboxylic acids is 1. The minimum Gasteiger partial charge on any atom is -0.328 e. The van der Waals surface area contributed by atoms with Gasteiger partial charge in [0.15, 0.2) is 0 Å². The molecule has 0 radical (unpaired) electrons. The van der Waals surface area contributed by atoms with E-state index in [1.807, 2.05) is 30.3 Å². The van der Waals surface area contributed by atoms with Crippen LogP contribution in [0.2, 0.25) is 0 Å². The second kappa shape index (κ2) is 5.59. The monoisotopic (exact) mass is 269 g/mol. The minimum absolute atomic E-state index is 0.0849. The molecule has 0 atom stereocenters. The van der Waals surface area contributed by atoms with Crippen LogP contribution in [-0.4, -0.2) is 16.9 Å². The van der Waals surface area contributed by atoms with Gasteiger partial charge in [0.2, 0.25) is 5.91 Å². The van der Waals surface area contributed by atoms with Crippen molar-refractivity contribution < 1.29 is 4.79 Å². The van der Waals surface area contributed by atoms with Gasteiger partial charge in [0, 0.05) is 23.5 Å². The average Bonchev–Trinajstić information content (AvgIpc) is 2.48. The van der Waals surface area contributed by atoms with Crippen molar-refractivity contribution in [2.24, 2.45) is 11.7 Å². The number of fused-ring (bicyclic) bond motifs is 1. The van der Waals surface area contributed by atoms with Gasteiger partial charge in [0.05, 0.1) is 11.2 Å². The molecule has 1 fully saturated rings. The van der Waals surface area contributed by atoms with Gasteiger partial charge in [-0.3, -0.25) is 9.78 Å². The Balaban J connectivity index is 1.77. The van der Waals surface area contributed by atoms with Crippen LogP contribution in [0.15, 0.2) is 36.5 Å². The van der Waals surface area contributed by atoms with E-state index in [9.17, 15) is 4.79 Å². The van der Waals surface area contributed by atoms with E-state index in [0.717, 1.165) is 42.3 Å². The highest BCUT2D eigenvalue weighted by molar-refractivity contribution is 6.01. The van der Waals surface area contributed by atoms with E-state index >= 15 is 0 Å². The molecule has 1 aliphatic rings. The van der Waals surface area contributed by atoms with E-state index < -0.39 is 0 Å². The van der Waals surface area contributed by atoms with E-state index in [1.54, 1.807) is 6.20 Å². The SMILES string of the molecule is NC1CCC(C(=O)Nc2cccc3ncccc23)CC1. The average molecular weight is 269 g/mol. The van der Waals surface area contributed by atoms with Crippen LogP contribution in [0.5, 0.6) is 0 Å². The first kappa shape index (κ1) is 13.1. The van der Waals surface area contributed by atoms with E-state index in [0.29, 0.717) is 0 Å². The highest BCUT2D eigenvalue weighted by Crippen LogP contribution is 2.26. The molecule has 20 heavy (non-hydrogen) atoms. The fourth-order valence-electron chi connectivity index (χ4n) is 2.83. The molecule has 1 saturated carbocycles. The first-order valence-electron chi connectivity index (χ1n) is 7.14. The number of nitrogens with one attached hydrogen (secondary N) is 1. The molecule has 2 aromatic rings. The molecule has 1 aliphatic carbocycles. The number of pyridine rings is 1. The molecule has 3 rings (SSSR count). The molecule has 1 heterocycles. The number of carbonyl (C=O) groups is 1. The van der Waals surface area contributed by atoms with Crippen LogP contribution in [0, 0.1) is 5.92 Å². The number of hydrogen-bond donors (Lipinski definition) is 2. The number of rotatable bonds is 2. The van der Waals surface area contributed by atoms with Crippen LogP contribution in [0.1, 0.15) is 25.7 Å². The minimum atomic E-state index is 0.0849. The predicted octanol–water partition coefficient (Wildman–Crippen LogP) is 2.69. The Bertz CT molecular complexity index is 613. The zero-order valence-corrected chi connectivity index (χ0v) is 11.4. The van der Waals surface area contributed by atoms with Gasteiger partial charge in [0.25, 0.3) is 0 Å². The predicted molar refractivity (Wildman–Crippen MR) is 80.3 cm³/mol. The van der Waals surface area contributed by atoms with Crippen LogP contribution in [0.3, 0.4) is 0 Å². The van der Waals surface area contributed by atoms with E-state index in [4.69, 9.17) is 5.73 Å². The molecular weight excluding hydrogens is 250 g/mol. The number of benzene rings is 1. The Morgan fingerprint density at radius 2 is 1.95 bits per heavy atom. The first-order chi connectivity index (χ1) is 9.74. The van der Waals surface area contributed by atoms with Crippen LogP contribution in [0.4, 0.5) is 5.69 Å². The van der Waals surface area contributed by atoms with Crippen molar-refractivity contribution in [3.63, 3.8) is 0 Å². The maximum atomic E-state index is 12.3. The summed E-state index contributed by atoms with van der Waals surface area (Å²) in [6.07, 6.45) is 5.41. The topological polar surface area (TPSA) is 68.0 Å². The molecule has 1 aromatic heterocycles. The quantitative estimate of drug-likeness (QED) is 0.880. The lowest BCUT2D eigenvalue weighted by Crippen LogP contribution is -2.32. The maximum absolute atomic E-state index is 12.3. The molecule has 0 saturated heterocycles. The molecule has 0 unspecified atom stereocenters. The molecule has 0 aliphatic heterocycles. The van der Waals surface area contributed by atoms with Gasteiger partial charge in [-0.25, -0.2) is 0 Å². The van der Waals surface area contributed by atoms with Crippen LogP contribution >= 0.6 is 0 Å². The summed E-state index contributed by atoms with van der Waals surface area (Å²) in [6.45, 7) is 0. The fourth-order valence-corrected chi connectivity index (χ4v) is 2.83. The Hall–Kier alpha value is -1.94. The lowest BCUT2D eigenvalue weighted by atomic mass is 9.86. The van der Waals surface area contributed by atoms with Crippen LogP contribution in [-0.2, 0) is 4.79 Å². The summed E-state index contributed by atoms with van der Waals surface area (Å²) in [5.74, 6) is 0.190. The number of hydrogen-bond acceptors (Lipinski definition) is 3. The lowest BCUT2D eigenvalue weighted by molar-refractivity contribution is -0.120. The molecule has 0 bridgehead atoms. The van der Waals surface area contributed by atoms with Gasteiger partial charge < -0.3 is 11.1 Å². The standard InChI is InChI=1S/C16H19N3O/c17-12-8-6-11(7-9-12)16(20)19-15-5-1-4-14-13(15)3-2-10-18-14/h1-5,10-12H,6-9,17H2,(H,19,20). The third kappa shape index (κ3) is 2.65. The highest BCUT2D eigenvalue weighted by Gasteiger charge is 2.24. The summed E-state index contributed by atoms with van der Waals surface area (Å²) in [7, 11) is 0. The van der Waals surface area contributed by atoms with Crippen LogP contribution < -0.4 is 11.1 Å². The van der Waals surface area contributed by atoms with Gasteiger partial charge in [-0.05, 0) is 49.9 Å². The fraction of sp³-hybridized carbons (Fsp3) is 0.375. The number of anilines is 1. The Kier molecular flexibility index (Phi) is 3.65. The maximum Gasteiger partial charge on any atom is 0.227 e. The Morgan fingerprint density at radius 1 is 1.15 bits per heavy atom. The van der Waals surface area contributed by atoms with E-state index in [2.05, 4.69) is 10.3 Å². The smallest absolute Gasteiger partial charge is 0.227 e. The summed E-state index contributed by atoms with van der Waals surface area (Å²) >= 11 is 0. The second-order valence-corrected chi connectivity index (χ2v) is 5.48. The zero-order valence-electron chi connectivity index (χ0n) is 11.4. The van der Waals surface area contributed by atoms with Gasteiger partial charge in [0.1, 0.15) is 0 Å². The number of nitrogens with two attached hydrogens (primary N) is 1. The molecule has 4 heteroatoms. The molecular formula is C16H19N3O. The summed E-state index contributed by atoms with van der Waals surface area (Å²) < 4.78 is 0. The van der Waals surface area contributed by atoms with Gasteiger partial charge in [-0.2, -0.15) is 0 Å². The molecule has 1 amide bonds. The largest absolute Gasteiger partial charge is 0.328 e. The van der Waals surface area contributed by atoms with Crippen molar-refractivity contribution in [2.45, 2.75) is 31.7 Å². The van der Waals surface area contributed by atoms with E-state index in [-0.39, 0.29) is 17.9 Å². The molecule has 3 N–H and O–H groups in total. The molecule has 4 nitrogen and oxygen atoms in total. The van der Waals surface area contributed by atoms with Crippen molar-refractivity contribution in [3.05, 3.63) is 36.5 Å². The molecule has 1 aromatic carbocycles. The highest BCUT2D eigenvalue weighted by atomic mass is 16.1. The lowest BCUT2D eigenvalue weighted by Gasteiger charge is -2.25. The Morgan fingerprint density at radius 3 is 2.75 bits per heavy atom. The summed E-state index contributed by atoms with van der Waals surface area (Å²) in [5.41, 5.74) is 7.63. The summed E-state index contributed by atoms with van der Waals surface area (Å²) in [4.78, 5) is 16.6. The third-order valence-electron chi connectivity index (χ3n) is 4.05. The van der Waals surface area contributed by atoms with Crippen molar-refractivity contribution in [2.75, 3.05) is 5.32 Å². The van der Waals surface area contributed by atoms with Gasteiger partial charge in [-0.15, -0.1) is 0 Å². The number of amides is 1. The normalized spacial score (nSPS) is 22.6. The Labute approximate surface area is 118 Å². The first-order valence-corrected chi connectivity index (χ1v) is 7.14. The number of nitrogens with zero attached hydrogens (tertiary/aromatic N) is 1. The number of aromatic nitrogens is 1. The van der Waals surface area contributed by atoms with Crippen molar-refractivity contribution in [1.82, 2.24) is 4.98 Å². The van der Waals surface area contributed by atoms with Crippen molar-refractivity contribution in [3.8, 4) is 0 Å². The molecule has 104 valence electrons. The van der Waals surface area contributed by atoms with E-state index in [1.165, 1.54) is 0 Å². The summed E-state index contributed by atoms with van der Waals surface area (Å²) in [5, 5.41) is 4.03. The van der Waals surface area contributed by atoms with Gasteiger partial charge in [-0.1, -0.05) is 6.07 Å².